The highest BCUT2D eigenvalue weighted by Crippen LogP contribution is 2.53. The van der Waals surface area contributed by atoms with Gasteiger partial charge < -0.3 is 19.2 Å². The summed E-state index contributed by atoms with van der Waals surface area (Å²) in [5.41, 5.74) is 2.33. The van der Waals surface area contributed by atoms with Gasteiger partial charge in [0.15, 0.2) is 0 Å². The molecule has 2 heterocycles. The summed E-state index contributed by atoms with van der Waals surface area (Å²) in [5, 5.41) is 10.0. The van der Waals surface area contributed by atoms with E-state index in [2.05, 4.69) is 25.5 Å². The van der Waals surface area contributed by atoms with Crippen molar-refractivity contribution in [3.8, 4) is 11.3 Å². The molecular weight excluding hydrogens is 883 g/mol. The van der Waals surface area contributed by atoms with Gasteiger partial charge in [-0.05, 0) is 86.9 Å². The summed E-state index contributed by atoms with van der Waals surface area (Å²) in [7, 11) is -11.0. The minimum atomic E-state index is -4.33. The van der Waals surface area contributed by atoms with Crippen molar-refractivity contribution in [1.29, 1.82) is 0 Å². The summed E-state index contributed by atoms with van der Waals surface area (Å²) in [6.45, 7) is 19.7. The van der Waals surface area contributed by atoms with Crippen LogP contribution in [0.3, 0.4) is 0 Å². The smallest absolute Gasteiger partial charge is 0.303 e. The third kappa shape index (κ3) is 16.2. The predicted molar refractivity (Wildman–Crippen MR) is 256 cm³/mol. The Labute approximate surface area is 382 Å². The Morgan fingerprint density at radius 2 is 1.58 bits per heavy atom. The lowest BCUT2D eigenvalue weighted by molar-refractivity contribution is -0.137. The Morgan fingerprint density at radius 1 is 0.922 bits per heavy atom. The second kappa shape index (κ2) is 25.1. The van der Waals surface area contributed by atoms with Crippen LogP contribution in [0.1, 0.15) is 124 Å². The van der Waals surface area contributed by atoms with Crippen molar-refractivity contribution in [3.05, 3.63) is 82.6 Å². The Kier molecular flexibility index (Phi) is 22.1. The van der Waals surface area contributed by atoms with Crippen LogP contribution in [0, 0.1) is 0 Å². The van der Waals surface area contributed by atoms with E-state index in [1.807, 2.05) is 87.4 Å². The van der Waals surface area contributed by atoms with Gasteiger partial charge in [-0.1, -0.05) is 67.0 Å². The molecule has 15 nitrogen and oxygen atoms in total. The Morgan fingerprint density at radius 3 is 2.17 bits per heavy atom. The molecule has 1 aromatic carbocycles. The van der Waals surface area contributed by atoms with Crippen molar-refractivity contribution >= 4 is 48.0 Å². The number of methoxy groups -OCH3 is 1. The number of nitrogens with one attached hydrogen (secondary N) is 1. The van der Waals surface area contributed by atoms with E-state index in [0.717, 1.165) is 16.5 Å². The standard InChI is InChI=1S/C42H59N3O12S3.2C2H6/c1-7-44(24-14-28-59(51,52)53)31-20-21-33-34(41(2,3)4)30-32(57-36(33)29-31)15-11-18-38-42(5,22-13-27-58(48,49)50)40-35(45(38)25-10-8-9-19-39(46)47)16-12-17-37(40)60(54,55)43-23-26-56-6;2*1-2/h11-12,15-18,20-21,29-30,43H,7-10,13-14,19,22-28H2,1-6H3,(H2-,46,47,48,49,50,51,52,53);2*1-2H3/p+1. The molecule has 0 amide bonds. The number of hydrogen-bond acceptors (Lipinski definition) is 10. The number of ether oxygens (including phenoxy) is 1. The molecule has 360 valence electrons. The van der Waals surface area contributed by atoms with Crippen molar-refractivity contribution in [2.45, 2.75) is 123 Å². The molecule has 0 radical (unpaired) electrons. The quantitative estimate of drug-likeness (QED) is 0.0431. The molecule has 4 rings (SSSR count). The van der Waals surface area contributed by atoms with Crippen molar-refractivity contribution < 1.29 is 53.4 Å². The number of rotatable bonds is 22. The van der Waals surface area contributed by atoms with Gasteiger partial charge in [0.25, 0.3) is 20.2 Å². The minimum absolute atomic E-state index is 0.0166. The maximum absolute atomic E-state index is 13.9. The highest BCUT2D eigenvalue weighted by Gasteiger charge is 2.46. The maximum Gasteiger partial charge on any atom is 0.303 e. The monoisotopic (exact) mass is 954 g/mol. The fourth-order valence-electron chi connectivity index (χ4n) is 7.77. The summed E-state index contributed by atoms with van der Waals surface area (Å²) in [6, 6.07) is 12.8. The van der Waals surface area contributed by atoms with Crippen molar-refractivity contribution in [3.63, 3.8) is 0 Å². The van der Waals surface area contributed by atoms with E-state index in [9.17, 15) is 44.3 Å². The zero-order chi connectivity index (χ0) is 48.5. The van der Waals surface area contributed by atoms with Crippen LogP contribution in [0.25, 0.3) is 17.4 Å². The average Bonchev–Trinajstić information content (AvgIpc) is 3.45. The van der Waals surface area contributed by atoms with Gasteiger partial charge in [-0.15, -0.1) is 0 Å². The fourth-order valence-corrected chi connectivity index (χ4v) is 10.1. The first-order valence-corrected chi connectivity index (χ1v) is 26.8. The number of carbonyl (C=O) groups is 1. The van der Waals surface area contributed by atoms with Crippen LogP contribution in [-0.2, 0) is 50.6 Å². The first-order chi connectivity index (χ1) is 30.0. The summed E-state index contributed by atoms with van der Waals surface area (Å²) in [4.78, 5) is 13.3. The molecule has 2 aliphatic heterocycles. The maximum atomic E-state index is 13.9. The van der Waals surface area contributed by atoms with Crippen LogP contribution in [0.2, 0.25) is 0 Å². The summed E-state index contributed by atoms with van der Waals surface area (Å²) >= 11 is 0. The van der Waals surface area contributed by atoms with E-state index in [1.54, 1.807) is 18.2 Å². The van der Waals surface area contributed by atoms with E-state index in [4.69, 9.17) is 9.15 Å². The molecule has 3 aliphatic rings. The minimum Gasteiger partial charge on any atom is -0.481 e. The number of anilines is 1. The topological polar surface area (TPSA) is 221 Å². The molecule has 0 aromatic heterocycles. The van der Waals surface area contributed by atoms with E-state index in [-0.39, 0.29) is 54.9 Å². The molecule has 18 heteroatoms. The fraction of sp³-hybridized carbons (Fsp3) is 0.565. The number of unbranched alkanes of at least 4 members (excludes halogenated alkanes) is 2. The molecule has 0 saturated carbocycles. The summed E-state index contributed by atoms with van der Waals surface area (Å²) in [6.07, 6.45) is 7.55. The number of benzene rings is 2. The van der Waals surface area contributed by atoms with Gasteiger partial charge in [-0.3, -0.25) is 13.9 Å². The van der Waals surface area contributed by atoms with Crippen LogP contribution in [0.15, 0.2) is 69.6 Å². The molecule has 1 unspecified atom stereocenters. The lowest BCUT2D eigenvalue weighted by Crippen LogP contribution is -2.32. The van der Waals surface area contributed by atoms with Gasteiger partial charge in [0, 0.05) is 67.0 Å². The molecule has 4 N–H and O–H groups in total. The van der Waals surface area contributed by atoms with E-state index >= 15 is 0 Å². The van der Waals surface area contributed by atoms with Gasteiger partial charge in [-0.2, -0.15) is 16.8 Å². The number of nitrogens with zero attached hydrogens (tertiary/aromatic N) is 2. The van der Waals surface area contributed by atoms with Crippen molar-refractivity contribution in [2.24, 2.45) is 0 Å². The number of fused-ring (bicyclic) bond motifs is 2. The van der Waals surface area contributed by atoms with E-state index in [1.165, 1.54) is 13.2 Å². The molecule has 64 heavy (non-hydrogen) atoms. The third-order valence-corrected chi connectivity index (χ3v) is 13.7. The molecule has 1 aromatic rings. The highest BCUT2D eigenvalue weighted by atomic mass is 32.2. The summed E-state index contributed by atoms with van der Waals surface area (Å²) < 4.78 is 109. The molecular formula is C46H72N3O12S3+. The van der Waals surface area contributed by atoms with Crippen LogP contribution >= 0.6 is 0 Å². The van der Waals surface area contributed by atoms with E-state index in [0.29, 0.717) is 67.4 Å². The number of allylic oxidation sites excluding steroid dienone is 3. The molecule has 1 atom stereocenters. The largest absolute Gasteiger partial charge is 0.481 e. The van der Waals surface area contributed by atoms with E-state index < -0.39 is 47.4 Å². The third-order valence-electron chi connectivity index (χ3n) is 10.6. The lowest BCUT2D eigenvalue weighted by atomic mass is 9.77. The van der Waals surface area contributed by atoms with Gasteiger partial charge >= 0.3 is 5.97 Å². The van der Waals surface area contributed by atoms with Crippen LogP contribution in [-0.4, -0.2) is 96.8 Å². The Bertz CT molecular complexity index is 2440. The van der Waals surface area contributed by atoms with Gasteiger partial charge in [0.05, 0.1) is 29.1 Å². The number of carboxylic acid groups (broad SMARTS) is 1. The Balaban J connectivity index is 0.00000342. The van der Waals surface area contributed by atoms with Gasteiger partial charge in [0.2, 0.25) is 15.4 Å². The zero-order valence-corrected chi connectivity index (χ0v) is 41.8. The Hall–Kier alpha value is -3.91. The first kappa shape index (κ1) is 56.2. The zero-order valence-electron chi connectivity index (χ0n) is 39.3. The second-order valence-electron chi connectivity index (χ2n) is 16.2. The number of aliphatic carboxylic acids is 1. The van der Waals surface area contributed by atoms with Crippen LogP contribution in [0.4, 0.5) is 5.69 Å². The van der Waals surface area contributed by atoms with Crippen molar-refractivity contribution in [1.82, 2.24) is 9.30 Å². The molecule has 0 fully saturated rings. The van der Waals surface area contributed by atoms with Gasteiger partial charge in [0.1, 0.15) is 24.6 Å². The van der Waals surface area contributed by atoms with Crippen molar-refractivity contribution in [2.75, 3.05) is 56.3 Å². The lowest BCUT2D eigenvalue weighted by Gasteiger charge is -2.31. The SMILES string of the molecule is CC.CC.CC[N+](CCCS(=O)(=O)O)=c1ccc2c(C(C)(C)C)cc(/C=C/C=C3/N(CCCCCC(=O)O)c4cccc(S(=O)(=O)NCCOC)c4C3(C)CCCS(=O)(=O)O)oc-2c1. The first-order valence-electron chi connectivity index (χ1n) is 22.1. The molecule has 0 bridgehead atoms. The molecule has 0 spiro atoms. The molecule has 1 aliphatic carbocycles. The summed E-state index contributed by atoms with van der Waals surface area (Å²) in [5.74, 6) is -0.651. The average molecular weight is 955 g/mol. The predicted octanol–water partition coefficient (Wildman–Crippen LogP) is 7.72. The number of carboxylic acids is 1. The highest BCUT2D eigenvalue weighted by molar-refractivity contribution is 7.89. The number of hydrogen-bond donors (Lipinski definition) is 4. The van der Waals surface area contributed by atoms with Gasteiger partial charge in [-0.25, -0.2) is 17.7 Å². The van der Waals surface area contributed by atoms with Crippen LogP contribution < -0.4 is 19.6 Å². The number of sulfonamides is 1. The normalized spacial score (nSPS) is 16.6. The molecule has 0 saturated heterocycles. The van der Waals surface area contributed by atoms with Crippen LogP contribution in [0.5, 0.6) is 0 Å². The second-order valence-corrected chi connectivity index (χ2v) is 21.1.